The van der Waals surface area contributed by atoms with Crippen molar-refractivity contribution in [3.8, 4) is 5.75 Å². The van der Waals surface area contributed by atoms with Crippen molar-refractivity contribution in [1.29, 1.82) is 0 Å². The van der Waals surface area contributed by atoms with E-state index in [9.17, 15) is 4.39 Å². The fourth-order valence-electron chi connectivity index (χ4n) is 0.793. The summed E-state index contributed by atoms with van der Waals surface area (Å²) in [5, 5.41) is 0. The van der Waals surface area contributed by atoms with Crippen LogP contribution in [0.15, 0.2) is 21.1 Å². The molecule has 0 fully saturated rings. The first-order chi connectivity index (χ1) is 5.65. The summed E-state index contributed by atoms with van der Waals surface area (Å²) in [5.41, 5.74) is 0. The zero-order valence-corrected chi connectivity index (χ0v) is 9.58. The summed E-state index contributed by atoms with van der Waals surface area (Å²) in [4.78, 5) is 0. The smallest absolute Gasteiger partial charge is 0.137 e. The molecule has 0 heterocycles. The zero-order chi connectivity index (χ0) is 9.14. The third-order valence-electron chi connectivity index (χ3n) is 1.26. The van der Waals surface area contributed by atoms with Crippen LogP contribution in [0.1, 0.15) is 6.92 Å². The van der Waals surface area contributed by atoms with Crippen LogP contribution in [-0.4, -0.2) is 6.61 Å². The summed E-state index contributed by atoms with van der Waals surface area (Å²) in [5.74, 6) is 0.206. The lowest BCUT2D eigenvalue weighted by Gasteiger charge is -2.06. The van der Waals surface area contributed by atoms with Crippen LogP contribution in [0.4, 0.5) is 4.39 Å². The molecule has 0 N–H and O–H groups in total. The van der Waals surface area contributed by atoms with E-state index < -0.39 is 0 Å². The number of rotatable bonds is 2. The van der Waals surface area contributed by atoms with Crippen LogP contribution in [0.5, 0.6) is 5.75 Å². The summed E-state index contributed by atoms with van der Waals surface area (Å²) >= 11 is 6.48. The Morgan fingerprint density at radius 2 is 2.08 bits per heavy atom. The predicted molar refractivity (Wildman–Crippen MR) is 53.0 cm³/mol. The maximum atomic E-state index is 12.8. The van der Waals surface area contributed by atoms with Gasteiger partial charge in [0.2, 0.25) is 0 Å². The van der Waals surface area contributed by atoms with Gasteiger partial charge in [-0.15, -0.1) is 0 Å². The molecule has 1 aromatic carbocycles. The molecule has 1 aromatic rings. The van der Waals surface area contributed by atoms with E-state index in [1.165, 1.54) is 12.1 Å². The largest absolute Gasteiger partial charge is 0.493 e. The Bertz CT molecular complexity index is 289. The highest BCUT2D eigenvalue weighted by atomic mass is 79.9. The standard InChI is InChI=1S/C8H7Br2FO/c1-2-12-7-4-5(11)3-6(9)8(7)10/h3-4H,2H2,1H3. The monoisotopic (exact) mass is 296 g/mol. The molecule has 0 aromatic heterocycles. The van der Waals surface area contributed by atoms with Crippen LogP contribution in [0.2, 0.25) is 0 Å². The van der Waals surface area contributed by atoms with Crippen molar-refractivity contribution < 1.29 is 9.13 Å². The Kier molecular flexibility index (Phi) is 3.53. The highest BCUT2D eigenvalue weighted by Crippen LogP contribution is 2.33. The first-order valence-electron chi connectivity index (χ1n) is 3.42. The van der Waals surface area contributed by atoms with Gasteiger partial charge in [0.15, 0.2) is 0 Å². The van der Waals surface area contributed by atoms with Crippen molar-refractivity contribution in [2.45, 2.75) is 6.92 Å². The predicted octanol–water partition coefficient (Wildman–Crippen LogP) is 3.75. The first kappa shape index (κ1) is 9.99. The third-order valence-corrected chi connectivity index (χ3v) is 3.23. The van der Waals surface area contributed by atoms with Crippen LogP contribution in [0.3, 0.4) is 0 Å². The van der Waals surface area contributed by atoms with Gasteiger partial charge in [0, 0.05) is 10.5 Å². The van der Waals surface area contributed by atoms with Gasteiger partial charge >= 0.3 is 0 Å². The number of halogens is 3. The number of benzene rings is 1. The lowest BCUT2D eigenvalue weighted by Crippen LogP contribution is -1.93. The van der Waals surface area contributed by atoms with Gasteiger partial charge in [-0.05, 0) is 44.8 Å². The molecule has 0 unspecified atom stereocenters. The Hall–Kier alpha value is -0.0900. The summed E-state index contributed by atoms with van der Waals surface area (Å²) in [6.07, 6.45) is 0. The van der Waals surface area contributed by atoms with Gasteiger partial charge < -0.3 is 4.74 Å². The van der Waals surface area contributed by atoms with Crippen molar-refractivity contribution in [3.63, 3.8) is 0 Å². The van der Waals surface area contributed by atoms with E-state index in [2.05, 4.69) is 31.9 Å². The molecule has 12 heavy (non-hydrogen) atoms. The van der Waals surface area contributed by atoms with Crippen LogP contribution in [0.25, 0.3) is 0 Å². The van der Waals surface area contributed by atoms with Gasteiger partial charge in [-0.1, -0.05) is 0 Å². The number of ether oxygens (including phenoxy) is 1. The molecule has 1 nitrogen and oxygen atoms in total. The molecule has 0 aliphatic heterocycles. The molecule has 0 saturated carbocycles. The fraction of sp³-hybridized carbons (Fsp3) is 0.250. The Labute approximate surface area is 87.2 Å². The van der Waals surface area contributed by atoms with Crippen molar-refractivity contribution in [3.05, 3.63) is 26.9 Å². The molecule has 0 aliphatic rings. The topological polar surface area (TPSA) is 9.23 Å². The minimum atomic E-state index is -0.312. The molecule has 0 atom stereocenters. The summed E-state index contributed by atoms with van der Waals surface area (Å²) in [6, 6.07) is 2.73. The zero-order valence-electron chi connectivity index (χ0n) is 6.40. The van der Waals surface area contributed by atoms with Gasteiger partial charge in [-0.25, -0.2) is 4.39 Å². The molecular formula is C8H7Br2FO. The quantitative estimate of drug-likeness (QED) is 0.756. The van der Waals surface area contributed by atoms with Gasteiger partial charge in [0.1, 0.15) is 11.6 Å². The highest BCUT2D eigenvalue weighted by Gasteiger charge is 2.06. The first-order valence-corrected chi connectivity index (χ1v) is 5.01. The van der Waals surface area contributed by atoms with Crippen LogP contribution < -0.4 is 4.74 Å². The molecule has 66 valence electrons. The number of hydrogen-bond acceptors (Lipinski definition) is 1. The lowest BCUT2D eigenvalue weighted by atomic mass is 10.3. The van der Waals surface area contributed by atoms with Gasteiger partial charge in [0.25, 0.3) is 0 Å². The number of hydrogen-bond donors (Lipinski definition) is 0. The Morgan fingerprint density at radius 1 is 1.42 bits per heavy atom. The van der Waals surface area contributed by atoms with Crippen molar-refractivity contribution >= 4 is 31.9 Å². The van der Waals surface area contributed by atoms with E-state index >= 15 is 0 Å². The molecule has 0 spiro atoms. The maximum Gasteiger partial charge on any atom is 0.137 e. The van der Waals surface area contributed by atoms with Crippen molar-refractivity contribution in [1.82, 2.24) is 0 Å². The van der Waals surface area contributed by atoms with E-state index in [4.69, 9.17) is 4.74 Å². The Balaban J connectivity index is 3.09. The van der Waals surface area contributed by atoms with E-state index in [1.54, 1.807) is 0 Å². The molecule has 4 heteroatoms. The summed E-state index contributed by atoms with van der Waals surface area (Å²) < 4.78 is 19.4. The average molecular weight is 298 g/mol. The molecule has 0 amide bonds. The average Bonchev–Trinajstić information content (AvgIpc) is 2.00. The second-order valence-electron chi connectivity index (χ2n) is 2.13. The normalized spacial score (nSPS) is 10.0. The van der Waals surface area contributed by atoms with E-state index in [1.807, 2.05) is 6.92 Å². The van der Waals surface area contributed by atoms with Gasteiger partial charge in [-0.2, -0.15) is 0 Å². The van der Waals surface area contributed by atoms with Crippen LogP contribution >= 0.6 is 31.9 Å². The van der Waals surface area contributed by atoms with Crippen LogP contribution in [-0.2, 0) is 0 Å². The van der Waals surface area contributed by atoms with E-state index in [0.717, 1.165) is 4.47 Å². The van der Waals surface area contributed by atoms with E-state index in [-0.39, 0.29) is 5.82 Å². The third kappa shape index (κ3) is 2.20. The Morgan fingerprint density at radius 3 is 2.67 bits per heavy atom. The lowest BCUT2D eigenvalue weighted by molar-refractivity contribution is 0.336. The second kappa shape index (κ2) is 4.23. The van der Waals surface area contributed by atoms with E-state index in [0.29, 0.717) is 16.8 Å². The van der Waals surface area contributed by atoms with Gasteiger partial charge in [-0.3, -0.25) is 0 Å². The second-order valence-corrected chi connectivity index (χ2v) is 3.78. The van der Waals surface area contributed by atoms with Crippen LogP contribution in [0, 0.1) is 5.82 Å². The molecule has 0 radical (unpaired) electrons. The molecule has 0 saturated heterocycles. The molecule has 0 bridgehead atoms. The van der Waals surface area contributed by atoms with Crippen molar-refractivity contribution in [2.24, 2.45) is 0 Å². The molecule has 1 rings (SSSR count). The molecule has 0 aliphatic carbocycles. The molecular weight excluding hydrogens is 291 g/mol. The van der Waals surface area contributed by atoms with Gasteiger partial charge in [0.05, 0.1) is 11.1 Å². The summed E-state index contributed by atoms with van der Waals surface area (Å²) in [6.45, 7) is 2.37. The fourth-order valence-corrected chi connectivity index (χ4v) is 1.55. The SMILES string of the molecule is CCOc1cc(F)cc(Br)c1Br. The minimum absolute atomic E-state index is 0.312. The minimum Gasteiger partial charge on any atom is -0.493 e. The van der Waals surface area contributed by atoms with Crippen molar-refractivity contribution in [2.75, 3.05) is 6.61 Å². The summed E-state index contributed by atoms with van der Waals surface area (Å²) in [7, 11) is 0. The maximum absolute atomic E-state index is 12.8. The highest BCUT2D eigenvalue weighted by molar-refractivity contribution is 9.13.